The van der Waals surface area contributed by atoms with Crippen LogP contribution in [0.1, 0.15) is 11.7 Å². The average molecular weight is 235 g/mol. The molecule has 2 rings (SSSR count). The van der Waals surface area contributed by atoms with Gasteiger partial charge in [-0.25, -0.2) is 4.39 Å². The van der Waals surface area contributed by atoms with Gasteiger partial charge in [-0.15, -0.1) is 0 Å². The highest BCUT2D eigenvalue weighted by Gasteiger charge is 2.08. The molecule has 0 aliphatic rings. The van der Waals surface area contributed by atoms with E-state index in [4.69, 9.17) is 0 Å². The molecule has 90 valence electrons. The Morgan fingerprint density at radius 3 is 2.94 bits per heavy atom. The molecule has 0 aliphatic carbocycles. The zero-order chi connectivity index (χ0) is 12.3. The Bertz CT molecular complexity index is 498. The highest BCUT2D eigenvalue weighted by atomic mass is 19.1. The van der Waals surface area contributed by atoms with Crippen molar-refractivity contribution in [2.75, 3.05) is 11.9 Å². The van der Waals surface area contributed by atoms with Crippen LogP contribution >= 0.6 is 0 Å². The second-order valence-corrected chi connectivity index (χ2v) is 3.83. The van der Waals surface area contributed by atoms with Crippen LogP contribution in [0.4, 0.5) is 10.2 Å². The summed E-state index contributed by atoms with van der Waals surface area (Å²) in [7, 11) is 1.81. The lowest BCUT2D eigenvalue weighted by Gasteiger charge is -2.11. The van der Waals surface area contributed by atoms with Gasteiger partial charge in [0.25, 0.3) is 0 Å². The van der Waals surface area contributed by atoms with Gasteiger partial charge in [0.15, 0.2) is 0 Å². The minimum Gasteiger partial charge on any atom is -0.387 e. The van der Waals surface area contributed by atoms with Crippen LogP contribution in [0.25, 0.3) is 0 Å². The summed E-state index contributed by atoms with van der Waals surface area (Å²) in [5.74, 6) is 0.335. The predicted octanol–water partition coefficient (Wildman–Crippen LogP) is 1.70. The number of aryl methyl sites for hydroxylation is 1. The van der Waals surface area contributed by atoms with Crippen molar-refractivity contribution in [3.05, 3.63) is 47.9 Å². The van der Waals surface area contributed by atoms with Crippen molar-refractivity contribution in [1.29, 1.82) is 0 Å². The van der Waals surface area contributed by atoms with E-state index in [1.165, 1.54) is 12.1 Å². The molecular formula is C12H14FN3O. The molecule has 2 N–H and O–H groups in total. The molecule has 0 radical (unpaired) electrons. The Morgan fingerprint density at radius 1 is 1.47 bits per heavy atom. The molecule has 2 aromatic rings. The smallest absolute Gasteiger partial charge is 0.148 e. The lowest BCUT2D eigenvalue weighted by molar-refractivity contribution is 0.191. The second-order valence-electron chi connectivity index (χ2n) is 3.83. The first-order valence-corrected chi connectivity index (χ1v) is 5.32. The van der Waals surface area contributed by atoms with Gasteiger partial charge in [-0.05, 0) is 17.7 Å². The highest BCUT2D eigenvalue weighted by molar-refractivity contribution is 5.33. The van der Waals surface area contributed by atoms with Gasteiger partial charge in [-0.3, -0.25) is 4.68 Å². The van der Waals surface area contributed by atoms with Crippen molar-refractivity contribution in [2.45, 2.75) is 6.10 Å². The van der Waals surface area contributed by atoms with Gasteiger partial charge >= 0.3 is 0 Å². The molecule has 17 heavy (non-hydrogen) atoms. The molecule has 1 aromatic heterocycles. The third-order valence-corrected chi connectivity index (χ3v) is 2.42. The third kappa shape index (κ3) is 3.04. The van der Waals surface area contributed by atoms with Crippen molar-refractivity contribution in [3.8, 4) is 0 Å². The number of hydrogen-bond acceptors (Lipinski definition) is 3. The minimum absolute atomic E-state index is 0.292. The summed E-state index contributed by atoms with van der Waals surface area (Å²) in [4.78, 5) is 0. The Kier molecular flexibility index (Phi) is 3.39. The van der Waals surface area contributed by atoms with E-state index < -0.39 is 6.10 Å². The molecule has 0 saturated heterocycles. The summed E-state index contributed by atoms with van der Waals surface area (Å²) in [6.45, 7) is 0.292. The summed E-state index contributed by atoms with van der Waals surface area (Å²) >= 11 is 0. The maximum absolute atomic E-state index is 12.9. The van der Waals surface area contributed by atoms with Crippen molar-refractivity contribution in [2.24, 2.45) is 7.05 Å². The van der Waals surface area contributed by atoms with Crippen LogP contribution in [-0.4, -0.2) is 21.4 Å². The van der Waals surface area contributed by atoms with E-state index in [0.29, 0.717) is 17.9 Å². The maximum Gasteiger partial charge on any atom is 0.148 e. The summed E-state index contributed by atoms with van der Waals surface area (Å²) in [5, 5.41) is 16.9. The van der Waals surface area contributed by atoms with Crippen molar-refractivity contribution in [1.82, 2.24) is 9.78 Å². The van der Waals surface area contributed by atoms with Gasteiger partial charge < -0.3 is 10.4 Å². The van der Waals surface area contributed by atoms with Crippen LogP contribution in [0, 0.1) is 5.82 Å². The summed E-state index contributed by atoms with van der Waals surface area (Å²) < 4.78 is 14.6. The molecule has 1 atom stereocenters. The monoisotopic (exact) mass is 235 g/mol. The number of halogens is 1. The SMILES string of the molecule is Cn1ccc(NCC(O)c2cccc(F)c2)n1. The number of nitrogens with zero attached hydrogens (tertiary/aromatic N) is 2. The van der Waals surface area contributed by atoms with Gasteiger partial charge in [-0.2, -0.15) is 5.10 Å². The van der Waals surface area contributed by atoms with Gasteiger partial charge in [0.05, 0.1) is 6.10 Å². The van der Waals surface area contributed by atoms with Crippen molar-refractivity contribution in [3.63, 3.8) is 0 Å². The van der Waals surface area contributed by atoms with E-state index in [1.807, 2.05) is 7.05 Å². The summed E-state index contributed by atoms with van der Waals surface area (Å²) in [5.41, 5.74) is 0.549. The second kappa shape index (κ2) is 4.97. The van der Waals surface area contributed by atoms with Crippen LogP contribution in [0.5, 0.6) is 0 Å². The minimum atomic E-state index is -0.757. The molecule has 1 heterocycles. The van der Waals surface area contributed by atoms with Crippen LogP contribution in [0.2, 0.25) is 0 Å². The van der Waals surface area contributed by atoms with Crippen LogP contribution in [0.15, 0.2) is 36.5 Å². The highest BCUT2D eigenvalue weighted by Crippen LogP contribution is 2.14. The quantitative estimate of drug-likeness (QED) is 0.848. The number of aliphatic hydroxyl groups is 1. The summed E-state index contributed by atoms with van der Waals surface area (Å²) in [6, 6.07) is 7.74. The van der Waals surface area contributed by atoms with E-state index in [-0.39, 0.29) is 5.82 Å². The summed E-state index contributed by atoms with van der Waals surface area (Å²) in [6.07, 6.45) is 1.05. The largest absolute Gasteiger partial charge is 0.387 e. The van der Waals surface area contributed by atoms with Gasteiger partial charge in [0, 0.05) is 25.9 Å². The normalized spacial score (nSPS) is 12.4. The topological polar surface area (TPSA) is 50.1 Å². The fourth-order valence-corrected chi connectivity index (χ4v) is 1.54. The zero-order valence-electron chi connectivity index (χ0n) is 9.47. The molecule has 1 unspecified atom stereocenters. The molecule has 4 nitrogen and oxygen atoms in total. The van der Waals surface area contributed by atoms with E-state index in [2.05, 4.69) is 10.4 Å². The van der Waals surface area contributed by atoms with Crippen LogP contribution in [-0.2, 0) is 7.05 Å². The molecule has 1 aromatic carbocycles. The van der Waals surface area contributed by atoms with Crippen molar-refractivity contribution >= 4 is 5.82 Å². The average Bonchev–Trinajstić information content (AvgIpc) is 2.72. The molecule has 0 spiro atoms. The first kappa shape index (κ1) is 11.6. The Morgan fingerprint density at radius 2 is 2.29 bits per heavy atom. The lowest BCUT2D eigenvalue weighted by atomic mass is 10.1. The molecular weight excluding hydrogens is 221 g/mol. The Balaban J connectivity index is 1.95. The maximum atomic E-state index is 12.9. The van der Waals surface area contributed by atoms with E-state index in [9.17, 15) is 9.50 Å². The van der Waals surface area contributed by atoms with E-state index in [0.717, 1.165) is 0 Å². The molecule has 5 heteroatoms. The number of hydrogen-bond donors (Lipinski definition) is 2. The Labute approximate surface area is 98.7 Å². The molecule has 0 aliphatic heterocycles. The van der Waals surface area contributed by atoms with E-state index in [1.54, 1.807) is 29.1 Å². The van der Waals surface area contributed by atoms with Gasteiger partial charge in [-0.1, -0.05) is 12.1 Å². The number of rotatable bonds is 4. The first-order chi connectivity index (χ1) is 8.15. The van der Waals surface area contributed by atoms with Gasteiger partial charge in [0.1, 0.15) is 11.6 Å². The molecule has 0 amide bonds. The number of anilines is 1. The van der Waals surface area contributed by atoms with Gasteiger partial charge in [0.2, 0.25) is 0 Å². The Hall–Kier alpha value is -1.88. The lowest BCUT2D eigenvalue weighted by Crippen LogP contribution is -2.12. The number of aliphatic hydroxyl groups excluding tert-OH is 1. The number of aromatic nitrogens is 2. The predicted molar refractivity (Wildman–Crippen MR) is 63.1 cm³/mol. The molecule has 0 bridgehead atoms. The van der Waals surface area contributed by atoms with E-state index >= 15 is 0 Å². The fourth-order valence-electron chi connectivity index (χ4n) is 1.54. The zero-order valence-corrected chi connectivity index (χ0v) is 9.47. The molecule has 0 fully saturated rings. The van der Waals surface area contributed by atoms with Crippen LogP contribution < -0.4 is 5.32 Å². The standard InChI is InChI=1S/C12H14FN3O/c1-16-6-5-12(15-16)14-8-11(17)9-3-2-4-10(13)7-9/h2-7,11,17H,8H2,1H3,(H,14,15). The number of nitrogens with one attached hydrogen (secondary N) is 1. The molecule has 0 saturated carbocycles. The van der Waals surface area contributed by atoms with Crippen molar-refractivity contribution < 1.29 is 9.50 Å². The third-order valence-electron chi connectivity index (χ3n) is 2.42. The first-order valence-electron chi connectivity index (χ1n) is 5.32. The van der Waals surface area contributed by atoms with Crippen LogP contribution in [0.3, 0.4) is 0 Å². The number of benzene rings is 1. The fraction of sp³-hybridized carbons (Fsp3) is 0.250.